The van der Waals surface area contributed by atoms with E-state index in [0.29, 0.717) is 22.3 Å². The van der Waals surface area contributed by atoms with Gasteiger partial charge in [-0.05, 0) is 43.7 Å². The molecule has 0 spiro atoms. The first-order chi connectivity index (χ1) is 13.4. The molecular formula is C18H17N3O4S3. The number of rotatable bonds is 5. The number of anilines is 2. The zero-order valence-corrected chi connectivity index (χ0v) is 17.6. The number of hydrogen-bond acceptors (Lipinski definition) is 7. The summed E-state index contributed by atoms with van der Waals surface area (Å²) in [5.41, 5.74) is 2.01. The molecule has 1 aromatic carbocycles. The maximum Gasteiger partial charge on any atom is 0.273 e. The van der Waals surface area contributed by atoms with Gasteiger partial charge in [0.1, 0.15) is 9.96 Å². The Labute approximate surface area is 170 Å². The third kappa shape index (κ3) is 3.62. The van der Waals surface area contributed by atoms with Gasteiger partial charge in [0.05, 0.1) is 11.4 Å². The fourth-order valence-electron chi connectivity index (χ4n) is 2.80. The van der Waals surface area contributed by atoms with Crippen molar-refractivity contribution in [3.05, 3.63) is 40.1 Å². The van der Waals surface area contributed by atoms with Crippen molar-refractivity contribution < 1.29 is 17.9 Å². The first-order valence-electron chi connectivity index (χ1n) is 8.52. The topological polar surface area (TPSA) is 97.4 Å². The lowest BCUT2D eigenvalue weighted by molar-refractivity contribution is -0.118. The number of amides is 1. The number of aryl methyl sites for hydroxylation is 2. The van der Waals surface area contributed by atoms with Gasteiger partial charge >= 0.3 is 0 Å². The van der Waals surface area contributed by atoms with Gasteiger partial charge < -0.3 is 10.1 Å². The quantitative estimate of drug-likeness (QED) is 0.634. The third-order valence-electron chi connectivity index (χ3n) is 4.15. The summed E-state index contributed by atoms with van der Waals surface area (Å²) in [4.78, 5) is 17.9. The summed E-state index contributed by atoms with van der Waals surface area (Å²) < 4.78 is 33.4. The van der Waals surface area contributed by atoms with Crippen LogP contribution < -0.4 is 14.8 Å². The molecular weight excluding hydrogens is 418 g/mol. The summed E-state index contributed by atoms with van der Waals surface area (Å²) in [6.45, 7) is 3.86. The number of nitrogens with zero attached hydrogens (tertiary/aromatic N) is 1. The van der Waals surface area contributed by atoms with Gasteiger partial charge in [-0.3, -0.25) is 9.52 Å². The average Bonchev–Trinajstić information content (AvgIpc) is 3.28. The number of thiophene rings is 1. The van der Waals surface area contributed by atoms with E-state index in [1.807, 2.05) is 26.0 Å². The van der Waals surface area contributed by atoms with Crippen molar-refractivity contribution in [2.75, 3.05) is 16.6 Å². The summed E-state index contributed by atoms with van der Waals surface area (Å²) in [6, 6.07) is 8.81. The van der Waals surface area contributed by atoms with E-state index >= 15 is 0 Å². The highest BCUT2D eigenvalue weighted by Gasteiger charge is 2.21. The molecule has 0 unspecified atom stereocenters. The summed E-state index contributed by atoms with van der Waals surface area (Å²) in [5.74, 6) is 0.386. The second kappa shape index (κ2) is 7.19. The largest absolute Gasteiger partial charge is 0.482 e. The molecule has 0 aliphatic carbocycles. The van der Waals surface area contributed by atoms with Crippen molar-refractivity contribution in [2.45, 2.75) is 24.5 Å². The van der Waals surface area contributed by atoms with Crippen LogP contribution >= 0.6 is 22.7 Å². The monoisotopic (exact) mass is 435 g/mol. The zero-order chi connectivity index (χ0) is 19.9. The Hall–Kier alpha value is -2.43. The lowest BCUT2D eigenvalue weighted by Crippen LogP contribution is -2.25. The maximum absolute atomic E-state index is 12.6. The number of sulfonamides is 1. The van der Waals surface area contributed by atoms with Crippen LogP contribution in [0.25, 0.3) is 11.3 Å². The van der Waals surface area contributed by atoms with Crippen molar-refractivity contribution in [3.8, 4) is 17.0 Å². The first-order valence-corrected chi connectivity index (χ1v) is 11.6. The van der Waals surface area contributed by atoms with Crippen LogP contribution in [0, 0.1) is 6.92 Å². The average molecular weight is 436 g/mol. The van der Waals surface area contributed by atoms with E-state index in [1.54, 1.807) is 18.2 Å². The number of carbonyl (C=O) groups is 1. The minimum absolute atomic E-state index is 0.00350. The Morgan fingerprint density at radius 3 is 2.82 bits per heavy atom. The summed E-state index contributed by atoms with van der Waals surface area (Å²) in [7, 11) is -3.67. The van der Waals surface area contributed by atoms with Crippen LogP contribution in [-0.2, 0) is 21.2 Å². The van der Waals surface area contributed by atoms with E-state index in [9.17, 15) is 13.2 Å². The highest BCUT2D eigenvalue weighted by atomic mass is 32.2. The number of carbonyl (C=O) groups excluding carboxylic acids is 1. The number of hydrogen-bond donors (Lipinski definition) is 2. The van der Waals surface area contributed by atoms with Crippen LogP contribution in [0.2, 0.25) is 0 Å². The lowest BCUT2D eigenvalue weighted by Gasteiger charge is -2.18. The van der Waals surface area contributed by atoms with E-state index in [0.717, 1.165) is 21.7 Å². The SMILES string of the molecule is CCc1ccc(S(=O)(=O)Nc2nc(-c3ccc4c(c3)NC(=O)CO4)c(C)s2)s1. The van der Waals surface area contributed by atoms with Gasteiger partial charge in [0, 0.05) is 15.3 Å². The molecule has 0 atom stereocenters. The number of nitrogens with one attached hydrogen (secondary N) is 2. The van der Waals surface area contributed by atoms with E-state index in [1.165, 1.54) is 22.7 Å². The molecule has 146 valence electrons. The minimum atomic E-state index is -3.67. The molecule has 2 aromatic heterocycles. The van der Waals surface area contributed by atoms with Crippen LogP contribution in [0.4, 0.5) is 10.8 Å². The van der Waals surface area contributed by atoms with Gasteiger partial charge in [0.15, 0.2) is 11.7 Å². The number of thiazole rings is 1. The van der Waals surface area contributed by atoms with Crippen molar-refractivity contribution >= 4 is 49.4 Å². The molecule has 1 amide bonds. The minimum Gasteiger partial charge on any atom is -0.482 e. The lowest BCUT2D eigenvalue weighted by atomic mass is 10.1. The van der Waals surface area contributed by atoms with E-state index < -0.39 is 10.0 Å². The van der Waals surface area contributed by atoms with Crippen LogP contribution in [0.1, 0.15) is 16.7 Å². The van der Waals surface area contributed by atoms with Crippen LogP contribution in [0.3, 0.4) is 0 Å². The number of ether oxygens (including phenoxy) is 1. The predicted octanol–water partition coefficient (Wildman–Crippen LogP) is 3.87. The molecule has 2 N–H and O–H groups in total. The maximum atomic E-state index is 12.6. The van der Waals surface area contributed by atoms with Crippen LogP contribution in [-0.4, -0.2) is 25.9 Å². The molecule has 3 aromatic rings. The summed E-state index contributed by atoms with van der Waals surface area (Å²) >= 11 is 2.52. The molecule has 7 nitrogen and oxygen atoms in total. The van der Waals surface area contributed by atoms with Crippen molar-refractivity contribution in [2.24, 2.45) is 0 Å². The highest BCUT2D eigenvalue weighted by molar-refractivity contribution is 7.94. The van der Waals surface area contributed by atoms with E-state index in [-0.39, 0.29) is 16.7 Å². The van der Waals surface area contributed by atoms with Crippen molar-refractivity contribution in [1.29, 1.82) is 0 Å². The third-order valence-corrected chi connectivity index (χ3v) is 8.23. The Bertz CT molecular complexity index is 1160. The molecule has 1 aliphatic rings. The Morgan fingerprint density at radius 2 is 2.07 bits per heavy atom. The van der Waals surface area contributed by atoms with Gasteiger partial charge in [0.25, 0.3) is 15.9 Å². The fraction of sp³-hybridized carbons (Fsp3) is 0.222. The van der Waals surface area contributed by atoms with Crippen LogP contribution in [0.15, 0.2) is 34.5 Å². The zero-order valence-electron chi connectivity index (χ0n) is 15.1. The molecule has 3 heterocycles. The second-order valence-corrected chi connectivity index (χ2v) is 10.4. The van der Waals surface area contributed by atoms with E-state index in [2.05, 4.69) is 15.0 Å². The van der Waals surface area contributed by atoms with Crippen LogP contribution in [0.5, 0.6) is 5.75 Å². The molecule has 1 aliphatic heterocycles. The van der Waals surface area contributed by atoms with Gasteiger partial charge in [-0.25, -0.2) is 13.4 Å². The van der Waals surface area contributed by atoms with E-state index in [4.69, 9.17) is 4.74 Å². The van der Waals surface area contributed by atoms with Gasteiger partial charge in [0.2, 0.25) is 0 Å². The van der Waals surface area contributed by atoms with Crippen molar-refractivity contribution in [3.63, 3.8) is 0 Å². The van der Waals surface area contributed by atoms with Gasteiger partial charge in [-0.1, -0.05) is 6.92 Å². The Kier molecular flexibility index (Phi) is 4.86. The Morgan fingerprint density at radius 1 is 1.25 bits per heavy atom. The Balaban J connectivity index is 1.62. The standard InChI is InChI=1S/C18H17N3O4S3/c1-3-12-5-7-16(27-12)28(23,24)21-18-20-17(10(2)26-18)11-4-6-14-13(8-11)19-15(22)9-25-14/h4-8H,3,9H2,1-2H3,(H,19,22)(H,20,21). The first kappa shape index (κ1) is 18.9. The predicted molar refractivity (Wildman–Crippen MR) is 111 cm³/mol. The molecule has 0 saturated heterocycles. The summed E-state index contributed by atoms with van der Waals surface area (Å²) in [5, 5.41) is 3.07. The molecule has 4 rings (SSSR count). The molecule has 0 radical (unpaired) electrons. The molecule has 10 heteroatoms. The molecule has 0 saturated carbocycles. The molecule has 28 heavy (non-hydrogen) atoms. The molecule has 0 fully saturated rings. The van der Waals surface area contributed by atoms with Gasteiger partial charge in [-0.2, -0.15) is 0 Å². The van der Waals surface area contributed by atoms with Gasteiger partial charge in [-0.15, -0.1) is 22.7 Å². The second-order valence-electron chi connectivity index (χ2n) is 6.15. The van der Waals surface area contributed by atoms with Crippen molar-refractivity contribution in [1.82, 2.24) is 4.98 Å². The number of fused-ring (bicyclic) bond motifs is 1. The number of benzene rings is 1. The number of aromatic nitrogens is 1. The highest BCUT2D eigenvalue weighted by Crippen LogP contribution is 2.36. The smallest absolute Gasteiger partial charge is 0.273 e. The summed E-state index contributed by atoms with van der Waals surface area (Å²) in [6.07, 6.45) is 0.791. The molecule has 0 bridgehead atoms. The normalized spacial score (nSPS) is 13.6. The fourth-order valence-corrected chi connectivity index (χ4v) is 6.16.